The molecule has 0 fully saturated rings. The molecule has 3 rings (SSSR count). The number of halogens is 1. The molecule has 0 radical (unpaired) electrons. The summed E-state index contributed by atoms with van der Waals surface area (Å²) in [6.07, 6.45) is 1.53. The number of nitrogens with one attached hydrogen (secondary N) is 1. The number of carbonyl (C=O) groups excluding carboxylic acids is 1. The van der Waals surface area contributed by atoms with Crippen molar-refractivity contribution in [1.82, 2.24) is 5.43 Å². The van der Waals surface area contributed by atoms with Gasteiger partial charge in [0, 0.05) is 16.1 Å². The van der Waals surface area contributed by atoms with Gasteiger partial charge >= 0.3 is 0 Å². The number of benzene rings is 3. The van der Waals surface area contributed by atoms with Crippen LogP contribution in [0, 0.1) is 0 Å². The Labute approximate surface area is 133 Å². The van der Waals surface area contributed by atoms with Crippen LogP contribution >= 0.6 is 11.6 Å². The van der Waals surface area contributed by atoms with Crippen molar-refractivity contribution in [2.75, 3.05) is 0 Å². The third kappa shape index (κ3) is 3.15. The van der Waals surface area contributed by atoms with Crippen LogP contribution in [0.4, 0.5) is 0 Å². The Kier molecular flexibility index (Phi) is 4.17. The predicted octanol–water partition coefficient (Wildman–Crippen LogP) is 4.26. The van der Waals surface area contributed by atoms with E-state index in [1.807, 2.05) is 54.6 Å². The Hall–Kier alpha value is -2.65. The highest BCUT2D eigenvalue weighted by molar-refractivity contribution is 6.33. The molecule has 0 spiro atoms. The number of carbonyl (C=O) groups is 1. The zero-order chi connectivity index (χ0) is 15.4. The molecular formula is C18H13ClN2O. The van der Waals surface area contributed by atoms with Crippen molar-refractivity contribution >= 4 is 34.5 Å². The third-order valence-electron chi connectivity index (χ3n) is 3.29. The number of hydrogen-bond donors (Lipinski definition) is 1. The first-order chi connectivity index (χ1) is 10.7. The van der Waals surface area contributed by atoms with Gasteiger partial charge in [-0.2, -0.15) is 5.10 Å². The summed E-state index contributed by atoms with van der Waals surface area (Å²) in [5.41, 5.74) is 3.83. The van der Waals surface area contributed by atoms with Crippen molar-refractivity contribution in [3.05, 3.63) is 82.9 Å². The Morgan fingerprint density at radius 3 is 2.50 bits per heavy atom. The molecule has 0 saturated heterocycles. The van der Waals surface area contributed by atoms with Gasteiger partial charge in [-0.1, -0.05) is 60.1 Å². The van der Waals surface area contributed by atoms with Crippen LogP contribution in [0.5, 0.6) is 0 Å². The maximum absolute atomic E-state index is 12.1. The molecule has 0 aliphatic carbocycles. The molecule has 0 aliphatic rings. The maximum atomic E-state index is 12.1. The molecule has 1 amide bonds. The molecule has 3 aromatic rings. The summed E-state index contributed by atoms with van der Waals surface area (Å²) in [7, 11) is 0. The normalized spacial score (nSPS) is 11.0. The summed E-state index contributed by atoms with van der Waals surface area (Å²) in [6, 6.07) is 20.7. The minimum Gasteiger partial charge on any atom is -0.267 e. The van der Waals surface area contributed by atoms with Crippen LogP contribution in [0.25, 0.3) is 10.8 Å². The maximum Gasteiger partial charge on any atom is 0.271 e. The van der Waals surface area contributed by atoms with Crippen LogP contribution in [-0.2, 0) is 0 Å². The highest BCUT2D eigenvalue weighted by Crippen LogP contribution is 2.15. The summed E-state index contributed by atoms with van der Waals surface area (Å²) in [6.45, 7) is 0. The number of rotatable bonds is 3. The molecule has 0 aromatic heterocycles. The summed E-state index contributed by atoms with van der Waals surface area (Å²) < 4.78 is 0. The predicted molar refractivity (Wildman–Crippen MR) is 90.5 cm³/mol. The van der Waals surface area contributed by atoms with E-state index in [9.17, 15) is 4.79 Å². The molecule has 3 nitrogen and oxygen atoms in total. The van der Waals surface area contributed by atoms with Crippen molar-refractivity contribution in [2.24, 2.45) is 5.10 Å². The van der Waals surface area contributed by atoms with Gasteiger partial charge < -0.3 is 0 Å². The van der Waals surface area contributed by atoms with Gasteiger partial charge in [0.2, 0.25) is 0 Å². The lowest BCUT2D eigenvalue weighted by atomic mass is 10.1. The van der Waals surface area contributed by atoms with E-state index in [2.05, 4.69) is 10.5 Å². The lowest BCUT2D eigenvalue weighted by Gasteiger charge is -2.02. The Bertz CT molecular complexity index is 858. The molecule has 4 heteroatoms. The third-order valence-corrected chi connectivity index (χ3v) is 3.63. The van der Waals surface area contributed by atoms with Gasteiger partial charge in [-0.15, -0.1) is 0 Å². The molecule has 0 bridgehead atoms. The standard InChI is InChI=1S/C18H13ClN2O/c19-17-8-4-3-7-16(17)12-20-21-18(22)15-10-9-13-5-1-2-6-14(13)11-15/h1-12H,(H,21,22). The fourth-order valence-corrected chi connectivity index (χ4v) is 2.32. The smallest absolute Gasteiger partial charge is 0.267 e. The van der Waals surface area contributed by atoms with Crippen molar-refractivity contribution < 1.29 is 4.79 Å². The Balaban J connectivity index is 1.74. The number of nitrogens with zero attached hydrogens (tertiary/aromatic N) is 1. The van der Waals surface area contributed by atoms with Gasteiger partial charge in [0.05, 0.1) is 6.21 Å². The number of fused-ring (bicyclic) bond motifs is 1. The van der Waals surface area contributed by atoms with E-state index in [4.69, 9.17) is 11.6 Å². The molecule has 0 atom stereocenters. The van der Waals surface area contributed by atoms with E-state index in [-0.39, 0.29) is 5.91 Å². The molecular weight excluding hydrogens is 296 g/mol. The molecule has 1 N–H and O–H groups in total. The minimum absolute atomic E-state index is 0.256. The van der Waals surface area contributed by atoms with Gasteiger partial charge in [0.25, 0.3) is 5.91 Å². The highest BCUT2D eigenvalue weighted by atomic mass is 35.5. The summed E-state index contributed by atoms with van der Waals surface area (Å²) in [4.78, 5) is 12.1. The Morgan fingerprint density at radius 2 is 1.68 bits per heavy atom. The van der Waals surface area contributed by atoms with Gasteiger partial charge in [-0.05, 0) is 29.0 Å². The quantitative estimate of drug-likeness (QED) is 0.570. The van der Waals surface area contributed by atoms with Crippen molar-refractivity contribution in [3.63, 3.8) is 0 Å². The van der Waals surface area contributed by atoms with E-state index in [1.54, 1.807) is 12.1 Å². The second-order valence-electron chi connectivity index (χ2n) is 4.78. The average molecular weight is 309 g/mol. The SMILES string of the molecule is O=C(NN=Cc1ccccc1Cl)c1ccc2ccccc2c1. The van der Waals surface area contributed by atoms with Gasteiger partial charge in [0.15, 0.2) is 0 Å². The first-order valence-electron chi connectivity index (χ1n) is 6.81. The molecule has 22 heavy (non-hydrogen) atoms. The topological polar surface area (TPSA) is 41.5 Å². The summed E-state index contributed by atoms with van der Waals surface area (Å²) in [5, 5.41) is 6.65. The monoisotopic (exact) mass is 308 g/mol. The zero-order valence-corrected chi connectivity index (χ0v) is 12.4. The molecule has 0 aliphatic heterocycles. The lowest BCUT2D eigenvalue weighted by Crippen LogP contribution is -2.17. The Morgan fingerprint density at radius 1 is 0.955 bits per heavy atom. The second kappa shape index (κ2) is 6.41. The molecule has 0 saturated carbocycles. The fourth-order valence-electron chi connectivity index (χ4n) is 2.14. The highest BCUT2D eigenvalue weighted by Gasteiger charge is 2.05. The number of amides is 1. The van der Waals surface area contributed by atoms with E-state index >= 15 is 0 Å². The van der Waals surface area contributed by atoms with Crippen LogP contribution in [0.1, 0.15) is 15.9 Å². The van der Waals surface area contributed by atoms with Crippen molar-refractivity contribution in [1.29, 1.82) is 0 Å². The van der Waals surface area contributed by atoms with E-state index in [0.717, 1.165) is 16.3 Å². The second-order valence-corrected chi connectivity index (χ2v) is 5.19. The fraction of sp³-hybridized carbons (Fsp3) is 0. The molecule has 0 heterocycles. The van der Waals surface area contributed by atoms with Gasteiger partial charge in [0.1, 0.15) is 0 Å². The largest absolute Gasteiger partial charge is 0.271 e. The van der Waals surface area contributed by atoms with Crippen LogP contribution in [0.3, 0.4) is 0 Å². The van der Waals surface area contributed by atoms with Crippen LogP contribution in [0.15, 0.2) is 71.8 Å². The van der Waals surface area contributed by atoms with Crippen LogP contribution in [0.2, 0.25) is 5.02 Å². The molecule has 3 aromatic carbocycles. The van der Waals surface area contributed by atoms with E-state index < -0.39 is 0 Å². The van der Waals surface area contributed by atoms with Crippen molar-refractivity contribution in [3.8, 4) is 0 Å². The molecule has 0 unspecified atom stereocenters. The van der Waals surface area contributed by atoms with E-state index in [0.29, 0.717) is 10.6 Å². The zero-order valence-electron chi connectivity index (χ0n) is 11.7. The minimum atomic E-state index is -0.256. The van der Waals surface area contributed by atoms with Crippen LogP contribution < -0.4 is 5.43 Å². The van der Waals surface area contributed by atoms with Gasteiger partial charge in [-0.25, -0.2) is 5.43 Å². The first-order valence-corrected chi connectivity index (χ1v) is 7.18. The summed E-state index contributed by atoms with van der Waals surface area (Å²) in [5.74, 6) is -0.256. The first kappa shape index (κ1) is 14.3. The van der Waals surface area contributed by atoms with Crippen molar-refractivity contribution in [2.45, 2.75) is 0 Å². The summed E-state index contributed by atoms with van der Waals surface area (Å²) >= 11 is 6.02. The number of hydrogen-bond acceptors (Lipinski definition) is 2. The van der Waals surface area contributed by atoms with Crippen LogP contribution in [-0.4, -0.2) is 12.1 Å². The lowest BCUT2D eigenvalue weighted by molar-refractivity contribution is 0.0955. The number of hydrazone groups is 1. The molecule has 108 valence electrons. The van der Waals surface area contributed by atoms with E-state index in [1.165, 1.54) is 6.21 Å². The van der Waals surface area contributed by atoms with Gasteiger partial charge in [-0.3, -0.25) is 4.79 Å². The average Bonchev–Trinajstić information content (AvgIpc) is 2.56.